The van der Waals surface area contributed by atoms with E-state index in [-0.39, 0.29) is 42.6 Å². The summed E-state index contributed by atoms with van der Waals surface area (Å²) in [6, 6.07) is -0.291. The number of urea groups is 1. The van der Waals surface area contributed by atoms with Crippen LogP contribution in [0.4, 0.5) is 4.79 Å². The van der Waals surface area contributed by atoms with Crippen LogP contribution in [0.2, 0.25) is 0 Å². The fourth-order valence-electron chi connectivity index (χ4n) is 4.85. The molecule has 4 amide bonds. The second-order valence-electron chi connectivity index (χ2n) is 8.79. The molecule has 0 aromatic rings. The standard InChI is InChI=1S/C20H35N5O4/c1-13(2)21-20(28)22-14-8-16-10-24(15-6-4-5-7-15)11-17(19(27)25(16)9-14)23-18(26)12-29-3/h13-17H,4-12H2,1-3H3,(H,23,26)(H2,21,22,28)/t14-,16-,17-/m0/s1. The Kier molecular flexibility index (Phi) is 7.34. The molecule has 1 saturated carbocycles. The fourth-order valence-corrected chi connectivity index (χ4v) is 4.85. The van der Waals surface area contributed by atoms with E-state index < -0.39 is 6.04 Å². The maximum absolute atomic E-state index is 13.3. The number of ether oxygens (including phenoxy) is 1. The van der Waals surface area contributed by atoms with Crippen LogP contribution in [0.25, 0.3) is 0 Å². The Morgan fingerprint density at radius 3 is 2.48 bits per heavy atom. The molecule has 3 N–H and O–H groups in total. The number of nitrogens with one attached hydrogen (secondary N) is 3. The van der Waals surface area contributed by atoms with Gasteiger partial charge in [-0.1, -0.05) is 12.8 Å². The highest BCUT2D eigenvalue weighted by molar-refractivity contribution is 5.89. The van der Waals surface area contributed by atoms with E-state index in [1.165, 1.54) is 20.0 Å². The number of hydrogen-bond donors (Lipinski definition) is 3. The van der Waals surface area contributed by atoms with Gasteiger partial charge in [0.1, 0.15) is 12.6 Å². The molecule has 3 fully saturated rings. The van der Waals surface area contributed by atoms with Gasteiger partial charge in [0.2, 0.25) is 11.8 Å². The topological polar surface area (TPSA) is 103 Å². The Morgan fingerprint density at radius 1 is 1.10 bits per heavy atom. The first kappa shape index (κ1) is 21.8. The Hall–Kier alpha value is -1.87. The molecule has 2 saturated heterocycles. The van der Waals surface area contributed by atoms with Crippen LogP contribution in [0.1, 0.15) is 46.0 Å². The number of methoxy groups -OCH3 is 1. The van der Waals surface area contributed by atoms with Gasteiger partial charge in [0.05, 0.1) is 6.04 Å². The van der Waals surface area contributed by atoms with Crippen LogP contribution < -0.4 is 16.0 Å². The largest absolute Gasteiger partial charge is 0.375 e. The zero-order valence-electron chi connectivity index (χ0n) is 17.8. The highest BCUT2D eigenvalue weighted by atomic mass is 16.5. The molecule has 3 rings (SSSR count). The van der Waals surface area contributed by atoms with Crippen LogP contribution in [0, 0.1) is 0 Å². The lowest BCUT2D eigenvalue weighted by Crippen LogP contribution is -2.53. The van der Waals surface area contributed by atoms with Gasteiger partial charge in [-0.25, -0.2) is 4.79 Å². The van der Waals surface area contributed by atoms with E-state index in [0.29, 0.717) is 19.1 Å². The highest BCUT2D eigenvalue weighted by Gasteiger charge is 2.44. The van der Waals surface area contributed by atoms with E-state index in [2.05, 4.69) is 20.9 Å². The molecular formula is C20H35N5O4. The lowest BCUT2D eigenvalue weighted by Gasteiger charge is -2.30. The summed E-state index contributed by atoms with van der Waals surface area (Å²) < 4.78 is 4.91. The van der Waals surface area contributed by atoms with E-state index in [1.54, 1.807) is 0 Å². The molecule has 2 aliphatic heterocycles. The molecule has 3 aliphatic rings. The molecule has 3 atom stereocenters. The van der Waals surface area contributed by atoms with E-state index >= 15 is 0 Å². The van der Waals surface area contributed by atoms with Gasteiger partial charge in [-0.2, -0.15) is 0 Å². The van der Waals surface area contributed by atoms with Crippen molar-refractivity contribution in [2.75, 3.05) is 33.4 Å². The van der Waals surface area contributed by atoms with Crippen molar-refractivity contribution in [1.29, 1.82) is 0 Å². The molecule has 0 spiro atoms. The number of nitrogens with zero attached hydrogens (tertiary/aromatic N) is 2. The van der Waals surface area contributed by atoms with Gasteiger partial charge in [-0.15, -0.1) is 0 Å². The Morgan fingerprint density at radius 2 is 1.83 bits per heavy atom. The van der Waals surface area contributed by atoms with Crippen molar-refractivity contribution < 1.29 is 19.1 Å². The molecule has 0 unspecified atom stereocenters. The molecule has 29 heavy (non-hydrogen) atoms. The minimum atomic E-state index is -0.577. The van der Waals surface area contributed by atoms with Crippen LogP contribution in [0.3, 0.4) is 0 Å². The Bertz CT molecular complexity index is 608. The van der Waals surface area contributed by atoms with Crippen LogP contribution in [-0.4, -0.2) is 91.2 Å². The second-order valence-corrected chi connectivity index (χ2v) is 8.79. The first-order valence-corrected chi connectivity index (χ1v) is 10.8. The molecule has 0 bridgehead atoms. The molecule has 0 radical (unpaired) electrons. The number of carbonyl (C=O) groups is 3. The van der Waals surface area contributed by atoms with E-state index in [4.69, 9.17) is 4.74 Å². The molecule has 9 heteroatoms. The summed E-state index contributed by atoms with van der Waals surface area (Å²) in [5.74, 6) is -0.339. The normalized spacial score (nSPS) is 28.3. The quantitative estimate of drug-likeness (QED) is 0.575. The fraction of sp³-hybridized carbons (Fsp3) is 0.850. The van der Waals surface area contributed by atoms with Crippen LogP contribution in [0.5, 0.6) is 0 Å². The summed E-state index contributed by atoms with van der Waals surface area (Å²) >= 11 is 0. The third kappa shape index (κ3) is 5.60. The van der Waals surface area contributed by atoms with Crippen LogP contribution in [0.15, 0.2) is 0 Å². The lowest BCUT2D eigenvalue weighted by atomic mass is 10.1. The van der Waals surface area contributed by atoms with Crippen molar-refractivity contribution in [3.8, 4) is 0 Å². The number of carbonyl (C=O) groups excluding carboxylic acids is 3. The van der Waals surface area contributed by atoms with Gasteiger partial charge in [0, 0.05) is 44.9 Å². The van der Waals surface area contributed by atoms with E-state index in [1.807, 2.05) is 18.7 Å². The summed E-state index contributed by atoms with van der Waals surface area (Å²) in [6.07, 6.45) is 5.43. The predicted octanol–water partition coefficient (Wildman–Crippen LogP) is 0.0529. The van der Waals surface area contributed by atoms with Crippen molar-refractivity contribution in [3.05, 3.63) is 0 Å². The summed E-state index contributed by atoms with van der Waals surface area (Å²) in [6.45, 7) is 5.57. The molecule has 0 aromatic heterocycles. The molecule has 9 nitrogen and oxygen atoms in total. The molecule has 0 aromatic carbocycles. The van der Waals surface area contributed by atoms with Gasteiger partial charge >= 0.3 is 6.03 Å². The number of fused-ring (bicyclic) bond motifs is 1. The number of hydrogen-bond acceptors (Lipinski definition) is 5. The first-order valence-electron chi connectivity index (χ1n) is 10.8. The van der Waals surface area contributed by atoms with Crippen molar-refractivity contribution in [1.82, 2.24) is 25.8 Å². The van der Waals surface area contributed by atoms with Gasteiger partial charge in [-0.05, 0) is 33.1 Å². The van der Waals surface area contributed by atoms with E-state index in [9.17, 15) is 14.4 Å². The summed E-state index contributed by atoms with van der Waals surface area (Å²) in [5.41, 5.74) is 0. The van der Waals surface area contributed by atoms with Gasteiger partial charge in [0.15, 0.2) is 0 Å². The zero-order chi connectivity index (χ0) is 21.0. The Labute approximate surface area is 172 Å². The average Bonchev–Trinajstić information content (AvgIpc) is 3.27. The zero-order valence-corrected chi connectivity index (χ0v) is 17.8. The third-order valence-electron chi connectivity index (χ3n) is 6.06. The number of amides is 4. The predicted molar refractivity (Wildman–Crippen MR) is 108 cm³/mol. The summed E-state index contributed by atoms with van der Waals surface area (Å²) in [4.78, 5) is 41.7. The molecule has 1 aliphatic carbocycles. The minimum Gasteiger partial charge on any atom is -0.375 e. The van der Waals surface area contributed by atoms with E-state index in [0.717, 1.165) is 25.8 Å². The van der Waals surface area contributed by atoms with Crippen LogP contribution in [-0.2, 0) is 14.3 Å². The molecule has 2 heterocycles. The van der Waals surface area contributed by atoms with Gasteiger partial charge < -0.3 is 25.6 Å². The minimum absolute atomic E-state index is 0.0526. The molecular weight excluding hydrogens is 374 g/mol. The third-order valence-corrected chi connectivity index (χ3v) is 6.06. The highest BCUT2D eigenvalue weighted by Crippen LogP contribution is 2.29. The molecule has 164 valence electrons. The summed E-state index contributed by atoms with van der Waals surface area (Å²) in [7, 11) is 1.47. The smallest absolute Gasteiger partial charge is 0.315 e. The van der Waals surface area contributed by atoms with Gasteiger partial charge in [0.25, 0.3) is 0 Å². The average molecular weight is 410 g/mol. The second kappa shape index (κ2) is 9.75. The van der Waals surface area contributed by atoms with Crippen molar-refractivity contribution in [2.24, 2.45) is 0 Å². The maximum atomic E-state index is 13.3. The first-order chi connectivity index (χ1) is 13.9. The monoisotopic (exact) mass is 409 g/mol. The Balaban J connectivity index is 1.71. The maximum Gasteiger partial charge on any atom is 0.315 e. The van der Waals surface area contributed by atoms with Crippen molar-refractivity contribution in [2.45, 2.75) is 76.2 Å². The SMILES string of the molecule is COCC(=O)N[C@H]1CN(C2CCCC2)C[C@@H]2C[C@H](NC(=O)NC(C)C)CN2C1=O. The van der Waals surface area contributed by atoms with Crippen molar-refractivity contribution >= 4 is 17.8 Å². The van der Waals surface area contributed by atoms with Gasteiger partial charge in [-0.3, -0.25) is 14.5 Å². The van der Waals surface area contributed by atoms with Crippen LogP contribution >= 0.6 is 0 Å². The number of rotatable bonds is 6. The summed E-state index contributed by atoms with van der Waals surface area (Å²) in [5, 5.41) is 8.70. The lowest BCUT2D eigenvalue weighted by molar-refractivity contribution is -0.137. The van der Waals surface area contributed by atoms with Crippen molar-refractivity contribution in [3.63, 3.8) is 0 Å².